The molecule has 102 valence electrons. The zero-order valence-corrected chi connectivity index (χ0v) is 11.9. The third kappa shape index (κ3) is 3.93. The van der Waals surface area contributed by atoms with E-state index in [0.29, 0.717) is 23.3 Å². The standard InChI is InChI=1S/C11H14ClN5OS/c1-2-3-13-10-15-5-8(12)9(17-10)14-4-7-6-19-11(18)16-7/h5-6H,2-4H2,1H3,(H,16,18)(H2,13,14,15,17). The highest BCUT2D eigenvalue weighted by molar-refractivity contribution is 7.07. The molecule has 0 unspecified atom stereocenters. The highest BCUT2D eigenvalue weighted by Crippen LogP contribution is 2.19. The van der Waals surface area contributed by atoms with Crippen molar-refractivity contribution < 1.29 is 0 Å². The van der Waals surface area contributed by atoms with Crippen LogP contribution in [0, 0.1) is 0 Å². The van der Waals surface area contributed by atoms with Crippen molar-refractivity contribution in [2.75, 3.05) is 17.2 Å². The van der Waals surface area contributed by atoms with Gasteiger partial charge >= 0.3 is 4.87 Å². The van der Waals surface area contributed by atoms with E-state index in [2.05, 4.69) is 32.5 Å². The molecule has 0 bridgehead atoms. The summed E-state index contributed by atoms with van der Waals surface area (Å²) in [7, 11) is 0. The second-order valence-corrected chi connectivity index (χ2v) is 5.09. The van der Waals surface area contributed by atoms with Gasteiger partial charge in [-0.05, 0) is 6.42 Å². The number of anilines is 2. The number of thiazole rings is 1. The number of nitrogens with one attached hydrogen (secondary N) is 3. The van der Waals surface area contributed by atoms with Crippen LogP contribution < -0.4 is 15.5 Å². The van der Waals surface area contributed by atoms with Crippen molar-refractivity contribution in [1.82, 2.24) is 15.0 Å². The van der Waals surface area contributed by atoms with Crippen molar-refractivity contribution in [2.45, 2.75) is 19.9 Å². The van der Waals surface area contributed by atoms with Gasteiger partial charge in [0.2, 0.25) is 5.95 Å². The molecule has 0 amide bonds. The zero-order chi connectivity index (χ0) is 13.7. The van der Waals surface area contributed by atoms with Gasteiger partial charge in [0.25, 0.3) is 0 Å². The van der Waals surface area contributed by atoms with Crippen LogP contribution in [0.25, 0.3) is 0 Å². The molecule has 2 rings (SSSR count). The molecular formula is C11H14ClN5OS. The molecule has 0 saturated carbocycles. The SMILES string of the molecule is CCCNc1ncc(Cl)c(NCc2csc(=O)[nH]2)n1. The molecule has 0 atom stereocenters. The lowest BCUT2D eigenvalue weighted by Crippen LogP contribution is -2.08. The topological polar surface area (TPSA) is 82.7 Å². The van der Waals surface area contributed by atoms with Gasteiger partial charge in [0.05, 0.1) is 12.7 Å². The average molecular weight is 300 g/mol. The molecule has 0 aromatic carbocycles. The van der Waals surface area contributed by atoms with Crippen molar-refractivity contribution in [2.24, 2.45) is 0 Å². The fraction of sp³-hybridized carbons (Fsp3) is 0.364. The molecule has 0 saturated heterocycles. The normalized spacial score (nSPS) is 10.4. The molecule has 2 aromatic rings. The molecule has 0 aliphatic heterocycles. The van der Waals surface area contributed by atoms with Crippen LogP contribution in [0.5, 0.6) is 0 Å². The molecule has 3 N–H and O–H groups in total. The molecular weight excluding hydrogens is 286 g/mol. The van der Waals surface area contributed by atoms with Crippen LogP contribution in [0.3, 0.4) is 0 Å². The monoisotopic (exact) mass is 299 g/mol. The Bertz CT molecular complexity index is 597. The lowest BCUT2D eigenvalue weighted by molar-refractivity contribution is 0.948. The number of aromatic nitrogens is 3. The van der Waals surface area contributed by atoms with Crippen LogP contribution in [-0.4, -0.2) is 21.5 Å². The maximum Gasteiger partial charge on any atom is 0.304 e. The Hall–Kier alpha value is -1.60. The lowest BCUT2D eigenvalue weighted by Gasteiger charge is -2.08. The van der Waals surface area contributed by atoms with E-state index in [1.165, 1.54) is 0 Å². The average Bonchev–Trinajstić information content (AvgIpc) is 2.82. The van der Waals surface area contributed by atoms with Crippen LogP contribution in [0.4, 0.5) is 11.8 Å². The fourth-order valence-electron chi connectivity index (χ4n) is 1.39. The van der Waals surface area contributed by atoms with Crippen LogP contribution in [0.15, 0.2) is 16.4 Å². The minimum Gasteiger partial charge on any atom is -0.363 e. The first kappa shape index (κ1) is 13.8. The van der Waals surface area contributed by atoms with E-state index in [-0.39, 0.29) is 4.87 Å². The molecule has 0 fully saturated rings. The maximum atomic E-state index is 11.0. The largest absolute Gasteiger partial charge is 0.363 e. The van der Waals surface area contributed by atoms with Gasteiger partial charge in [-0.25, -0.2) is 4.98 Å². The molecule has 2 heterocycles. The highest BCUT2D eigenvalue weighted by Gasteiger charge is 2.05. The molecule has 0 spiro atoms. The first-order valence-corrected chi connectivity index (χ1v) is 7.11. The van der Waals surface area contributed by atoms with E-state index >= 15 is 0 Å². The number of hydrogen-bond donors (Lipinski definition) is 3. The summed E-state index contributed by atoms with van der Waals surface area (Å²) in [6, 6.07) is 0. The number of H-pyrrole nitrogens is 1. The Morgan fingerprint density at radius 1 is 1.47 bits per heavy atom. The van der Waals surface area contributed by atoms with Gasteiger partial charge in [0.15, 0.2) is 5.82 Å². The van der Waals surface area contributed by atoms with Gasteiger partial charge in [0.1, 0.15) is 5.02 Å². The summed E-state index contributed by atoms with van der Waals surface area (Å²) in [4.78, 5) is 22.0. The molecule has 0 radical (unpaired) electrons. The predicted octanol–water partition coefficient (Wildman–Crippen LogP) is 2.31. The van der Waals surface area contributed by atoms with Crippen molar-refractivity contribution in [1.29, 1.82) is 0 Å². The van der Waals surface area contributed by atoms with Crippen LogP contribution in [0.1, 0.15) is 19.0 Å². The zero-order valence-electron chi connectivity index (χ0n) is 10.4. The first-order valence-electron chi connectivity index (χ1n) is 5.86. The van der Waals surface area contributed by atoms with Crippen LogP contribution in [-0.2, 0) is 6.54 Å². The summed E-state index contributed by atoms with van der Waals surface area (Å²) in [5.41, 5.74) is 0.799. The second kappa shape index (κ2) is 6.53. The molecule has 0 aliphatic rings. The number of aromatic amines is 1. The van der Waals surface area contributed by atoms with Crippen molar-refractivity contribution in [3.63, 3.8) is 0 Å². The molecule has 8 heteroatoms. The minimum atomic E-state index is -0.0733. The van der Waals surface area contributed by atoms with Gasteiger partial charge in [-0.15, -0.1) is 0 Å². The highest BCUT2D eigenvalue weighted by atomic mass is 35.5. The summed E-state index contributed by atoms with van der Waals surface area (Å²) < 4.78 is 0. The van der Waals surface area contributed by atoms with Gasteiger partial charge in [0, 0.05) is 17.6 Å². The Morgan fingerprint density at radius 2 is 2.32 bits per heavy atom. The minimum absolute atomic E-state index is 0.0733. The van der Waals surface area contributed by atoms with Gasteiger partial charge < -0.3 is 15.6 Å². The maximum absolute atomic E-state index is 11.0. The van der Waals surface area contributed by atoms with E-state index in [0.717, 1.165) is 30.0 Å². The van der Waals surface area contributed by atoms with Crippen molar-refractivity contribution in [3.8, 4) is 0 Å². The quantitative estimate of drug-likeness (QED) is 0.762. The fourth-order valence-corrected chi connectivity index (χ4v) is 2.13. The van der Waals surface area contributed by atoms with E-state index < -0.39 is 0 Å². The number of rotatable bonds is 6. The van der Waals surface area contributed by atoms with E-state index in [9.17, 15) is 4.79 Å². The number of halogens is 1. The third-order valence-corrected chi connectivity index (χ3v) is 3.29. The summed E-state index contributed by atoms with van der Waals surface area (Å²) in [5, 5.41) is 8.37. The summed E-state index contributed by atoms with van der Waals surface area (Å²) >= 11 is 7.15. The third-order valence-electron chi connectivity index (χ3n) is 2.29. The summed E-state index contributed by atoms with van der Waals surface area (Å²) in [6.45, 7) is 3.33. The van der Waals surface area contributed by atoms with Crippen molar-refractivity contribution in [3.05, 3.63) is 32.0 Å². The molecule has 2 aromatic heterocycles. The first-order chi connectivity index (χ1) is 9.19. The van der Waals surface area contributed by atoms with Crippen molar-refractivity contribution >= 4 is 34.7 Å². The molecule has 0 aliphatic carbocycles. The van der Waals surface area contributed by atoms with E-state index in [1.54, 1.807) is 11.6 Å². The Labute approximate surface area is 119 Å². The Morgan fingerprint density at radius 3 is 3.00 bits per heavy atom. The Kier molecular flexibility index (Phi) is 4.75. The van der Waals surface area contributed by atoms with Gasteiger partial charge in [-0.1, -0.05) is 29.9 Å². The van der Waals surface area contributed by atoms with Crippen LogP contribution in [0.2, 0.25) is 5.02 Å². The Balaban J connectivity index is 2.04. The van der Waals surface area contributed by atoms with Crippen LogP contribution >= 0.6 is 22.9 Å². The van der Waals surface area contributed by atoms with E-state index in [1.807, 2.05) is 0 Å². The molecule has 19 heavy (non-hydrogen) atoms. The van der Waals surface area contributed by atoms with E-state index in [4.69, 9.17) is 11.6 Å². The summed E-state index contributed by atoms with van der Waals surface area (Å²) in [5.74, 6) is 1.08. The predicted molar refractivity (Wildman–Crippen MR) is 78.1 cm³/mol. The van der Waals surface area contributed by atoms with Gasteiger partial charge in [-0.2, -0.15) is 4.98 Å². The lowest BCUT2D eigenvalue weighted by atomic mass is 10.4. The number of hydrogen-bond acceptors (Lipinski definition) is 6. The molecule has 6 nitrogen and oxygen atoms in total. The van der Waals surface area contributed by atoms with Gasteiger partial charge in [-0.3, -0.25) is 4.79 Å². The summed E-state index contributed by atoms with van der Waals surface area (Å²) in [6.07, 6.45) is 2.54. The smallest absolute Gasteiger partial charge is 0.304 e. The second-order valence-electron chi connectivity index (χ2n) is 3.84. The number of nitrogens with zero attached hydrogens (tertiary/aromatic N) is 2.